The number of fused-ring (bicyclic) bond motifs is 2. The molecule has 0 saturated heterocycles. The molecule has 2 atom stereocenters. The van der Waals surface area contributed by atoms with Gasteiger partial charge in [0.2, 0.25) is 18.2 Å². The van der Waals surface area contributed by atoms with Crippen LogP contribution in [0.2, 0.25) is 0 Å². The Labute approximate surface area is 358 Å². The average molecular weight is 838 g/mol. The zero-order chi connectivity index (χ0) is 44.9. The van der Waals surface area contributed by atoms with Gasteiger partial charge >= 0.3 is 0 Å². The summed E-state index contributed by atoms with van der Waals surface area (Å²) in [5.74, 6) is 0.0180. The first-order valence-electron chi connectivity index (χ1n) is 20.7. The summed E-state index contributed by atoms with van der Waals surface area (Å²) in [4.78, 5) is 52.3. The lowest BCUT2D eigenvalue weighted by Gasteiger charge is -2.18. The maximum Gasteiger partial charge on any atom is 0.255 e. The van der Waals surface area contributed by atoms with E-state index in [1.54, 1.807) is 30.9 Å². The number of benzene rings is 2. The number of ether oxygens (including phenoxy) is 3. The Morgan fingerprint density at radius 1 is 0.836 bits per heavy atom. The van der Waals surface area contributed by atoms with Gasteiger partial charge in [0.25, 0.3) is 11.1 Å². The first-order valence-corrected chi connectivity index (χ1v) is 20.7. The molecule has 14 heteroatoms. The number of nitrogens with zero attached hydrogens (tertiary/aromatic N) is 3. The molecular formula is C47H63N7O7. The standard InChI is InChI=1S/C44H54N6O6.C2H6.CH3NO/c1-7-10-31(8-2)32-11-13-34-21-37(43(52)49(39(34)23-32)17-19-55-9-3)26-46-29(4)28-56-20-18-50-40-24-33(36-15-16-41(54-6)48-25-36)12-14-35(40)22-38(44(50)53)27-47-30(5)42(45)51;1-2;2-1-3/h7-8,10-16,21-25,29-30,46-47H,9,17-20,26-28H2,1-6H3,(H2,45,51);1-2H3;1H,(H2,2,3)/b10-7-,31-8+;;. The fourth-order valence-electron chi connectivity index (χ4n) is 6.55. The van der Waals surface area contributed by atoms with E-state index in [4.69, 9.17) is 24.7 Å². The molecule has 0 bridgehead atoms. The third-order valence-corrected chi connectivity index (χ3v) is 9.77. The topological polar surface area (TPSA) is 195 Å². The van der Waals surface area contributed by atoms with Crippen LogP contribution >= 0.6 is 0 Å². The highest BCUT2D eigenvalue weighted by Crippen LogP contribution is 2.26. The van der Waals surface area contributed by atoms with Crippen LogP contribution in [0.5, 0.6) is 5.88 Å². The number of hydrogen-bond acceptors (Lipinski definition) is 10. The van der Waals surface area contributed by atoms with E-state index in [1.807, 2.05) is 88.6 Å². The molecule has 6 N–H and O–H groups in total. The molecule has 0 spiro atoms. The summed E-state index contributed by atoms with van der Waals surface area (Å²) in [7, 11) is 1.57. The lowest BCUT2D eigenvalue weighted by molar-refractivity contribution is -0.119. The minimum Gasteiger partial charge on any atom is -0.481 e. The van der Waals surface area contributed by atoms with Crippen molar-refractivity contribution in [3.63, 3.8) is 0 Å². The van der Waals surface area contributed by atoms with Gasteiger partial charge in [-0.15, -0.1) is 0 Å². The summed E-state index contributed by atoms with van der Waals surface area (Å²) in [5, 5.41) is 8.35. The lowest BCUT2D eigenvalue weighted by atomic mass is 10.0. The second-order valence-electron chi connectivity index (χ2n) is 13.8. The molecule has 5 aromatic rings. The number of aromatic nitrogens is 3. The Balaban J connectivity index is 0.00000190. The molecule has 3 aromatic heterocycles. The van der Waals surface area contributed by atoms with Crippen LogP contribution < -0.4 is 38.0 Å². The number of amides is 2. The van der Waals surface area contributed by atoms with Gasteiger partial charge in [-0.05, 0) is 92.4 Å². The molecule has 328 valence electrons. The van der Waals surface area contributed by atoms with Crippen LogP contribution in [0, 0.1) is 0 Å². The maximum atomic E-state index is 13.9. The summed E-state index contributed by atoms with van der Waals surface area (Å²) in [6.07, 6.45) is 8.12. The normalized spacial score (nSPS) is 12.4. The van der Waals surface area contributed by atoms with Crippen molar-refractivity contribution in [2.45, 2.75) is 86.7 Å². The van der Waals surface area contributed by atoms with Crippen LogP contribution in [0.4, 0.5) is 0 Å². The lowest BCUT2D eigenvalue weighted by Crippen LogP contribution is -2.40. The predicted octanol–water partition coefficient (Wildman–Crippen LogP) is 5.69. The summed E-state index contributed by atoms with van der Waals surface area (Å²) in [6.45, 7) is 16.5. The smallest absolute Gasteiger partial charge is 0.255 e. The van der Waals surface area contributed by atoms with Gasteiger partial charge in [-0.25, -0.2) is 4.98 Å². The number of hydrogen-bond donors (Lipinski definition) is 4. The molecule has 2 aromatic carbocycles. The van der Waals surface area contributed by atoms with E-state index in [9.17, 15) is 14.4 Å². The van der Waals surface area contributed by atoms with Crippen molar-refractivity contribution in [3.05, 3.63) is 122 Å². The Kier molecular flexibility index (Phi) is 20.8. The number of carbonyl (C=O) groups excluding carboxylic acids is 2. The minimum absolute atomic E-state index is 0.0568. The molecule has 61 heavy (non-hydrogen) atoms. The van der Waals surface area contributed by atoms with Crippen molar-refractivity contribution in [2.75, 3.05) is 33.5 Å². The molecule has 3 heterocycles. The SMILES string of the molecule is C/C=C\C(=C/C)c1ccc2cc(CNC(C)COCCn3c(=O)c(CNC(C)C(N)=O)cc4ccc(-c5ccc(OC)nc5)cc43)c(=O)n(CCOCC)c2c1.CC.NC=O. The number of rotatable bonds is 20. The van der Waals surface area contributed by atoms with E-state index in [1.165, 1.54) is 0 Å². The van der Waals surface area contributed by atoms with Gasteiger partial charge in [0.05, 0.1) is 44.0 Å². The van der Waals surface area contributed by atoms with Crippen LogP contribution in [-0.4, -0.2) is 72.1 Å². The number of pyridine rings is 3. The molecule has 0 aliphatic heterocycles. The first kappa shape index (κ1) is 49.4. The fourth-order valence-corrected chi connectivity index (χ4v) is 6.55. The van der Waals surface area contributed by atoms with Gasteiger partial charge in [-0.2, -0.15) is 0 Å². The Morgan fingerprint density at radius 3 is 1.95 bits per heavy atom. The molecule has 5 rings (SSSR count). The monoisotopic (exact) mass is 837 g/mol. The number of allylic oxidation sites excluding steroid dienone is 4. The van der Waals surface area contributed by atoms with E-state index in [0.717, 1.165) is 44.1 Å². The van der Waals surface area contributed by atoms with Crippen molar-refractivity contribution in [2.24, 2.45) is 11.5 Å². The molecular weight excluding hydrogens is 775 g/mol. The molecule has 0 radical (unpaired) electrons. The second kappa shape index (κ2) is 25.6. The van der Waals surface area contributed by atoms with Gasteiger partial charge in [0.1, 0.15) is 0 Å². The third kappa shape index (κ3) is 13.8. The zero-order valence-electron chi connectivity index (χ0n) is 36.8. The van der Waals surface area contributed by atoms with Gasteiger partial charge in [-0.1, -0.05) is 56.3 Å². The van der Waals surface area contributed by atoms with Gasteiger partial charge in [-0.3, -0.25) is 19.2 Å². The highest BCUT2D eigenvalue weighted by molar-refractivity contribution is 5.87. The van der Waals surface area contributed by atoms with Gasteiger partial charge < -0.3 is 45.4 Å². The van der Waals surface area contributed by atoms with E-state index < -0.39 is 11.9 Å². The highest BCUT2D eigenvalue weighted by atomic mass is 16.5. The Hall–Kier alpha value is -5.93. The molecule has 2 amide bonds. The number of primary amides is 2. The molecule has 0 fully saturated rings. The summed E-state index contributed by atoms with van der Waals surface area (Å²) in [6, 6.07) is 19.0. The first-order chi connectivity index (χ1) is 29.5. The predicted molar refractivity (Wildman–Crippen MR) is 245 cm³/mol. The molecule has 2 unspecified atom stereocenters. The van der Waals surface area contributed by atoms with Gasteiger partial charge in [0.15, 0.2) is 0 Å². The number of methoxy groups -OCH3 is 1. The summed E-state index contributed by atoms with van der Waals surface area (Å²) < 4.78 is 20.5. The minimum atomic E-state index is -0.596. The van der Waals surface area contributed by atoms with E-state index in [0.29, 0.717) is 56.5 Å². The van der Waals surface area contributed by atoms with E-state index in [2.05, 4.69) is 51.7 Å². The van der Waals surface area contributed by atoms with Crippen LogP contribution in [-0.2, 0) is 45.2 Å². The number of carbonyl (C=O) groups is 2. The highest BCUT2D eigenvalue weighted by Gasteiger charge is 2.16. The number of nitrogens with two attached hydrogens (primary N) is 2. The summed E-state index contributed by atoms with van der Waals surface area (Å²) >= 11 is 0. The van der Waals surface area contributed by atoms with Crippen molar-refractivity contribution in [1.82, 2.24) is 24.8 Å². The quantitative estimate of drug-likeness (QED) is 0.0430. The van der Waals surface area contributed by atoms with Crippen LogP contribution in [0.3, 0.4) is 0 Å². The molecule has 0 saturated carbocycles. The molecule has 0 aliphatic rings. The molecule has 0 aliphatic carbocycles. The third-order valence-electron chi connectivity index (χ3n) is 9.77. The molecule has 14 nitrogen and oxygen atoms in total. The van der Waals surface area contributed by atoms with Crippen molar-refractivity contribution in [1.29, 1.82) is 0 Å². The van der Waals surface area contributed by atoms with Gasteiger partial charge in [0, 0.05) is 67.8 Å². The van der Waals surface area contributed by atoms with Crippen molar-refractivity contribution in [3.8, 4) is 17.0 Å². The largest absolute Gasteiger partial charge is 0.481 e. The van der Waals surface area contributed by atoms with E-state index >= 15 is 0 Å². The average Bonchev–Trinajstić information content (AvgIpc) is 3.27. The van der Waals surface area contributed by atoms with Crippen LogP contribution in [0.15, 0.2) is 94.7 Å². The van der Waals surface area contributed by atoms with Crippen molar-refractivity contribution >= 4 is 39.7 Å². The van der Waals surface area contributed by atoms with E-state index in [-0.39, 0.29) is 36.7 Å². The van der Waals surface area contributed by atoms with Crippen LogP contribution in [0.25, 0.3) is 38.5 Å². The number of nitrogens with one attached hydrogen (secondary N) is 2. The Morgan fingerprint density at radius 2 is 1.41 bits per heavy atom. The maximum absolute atomic E-state index is 13.9. The van der Waals surface area contributed by atoms with Crippen molar-refractivity contribution < 1.29 is 23.8 Å². The second-order valence-corrected chi connectivity index (χ2v) is 13.8. The summed E-state index contributed by atoms with van der Waals surface area (Å²) in [5.41, 5.74) is 16.1. The Bertz CT molecular complexity index is 2370. The zero-order valence-corrected chi connectivity index (χ0v) is 36.8. The fraction of sp³-hybridized carbons (Fsp3) is 0.383. The van der Waals surface area contributed by atoms with Crippen LogP contribution in [0.1, 0.15) is 65.2 Å².